The van der Waals surface area contributed by atoms with Crippen LogP contribution in [0.1, 0.15) is 12.0 Å². The van der Waals surface area contributed by atoms with Crippen LogP contribution in [0.15, 0.2) is 42.6 Å². The summed E-state index contributed by atoms with van der Waals surface area (Å²) in [6.07, 6.45) is 2.70. The number of anilines is 1. The molecule has 0 spiro atoms. The highest BCUT2D eigenvalue weighted by atomic mass is 16.6. The normalized spacial score (nSPS) is 18.5. The topological polar surface area (TPSA) is 75.7 Å². The van der Waals surface area contributed by atoms with Gasteiger partial charge in [0.2, 0.25) is 0 Å². The molecule has 1 saturated heterocycles. The van der Waals surface area contributed by atoms with Crippen LogP contribution >= 0.6 is 0 Å². The van der Waals surface area contributed by atoms with E-state index in [1.807, 2.05) is 36.4 Å². The van der Waals surface area contributed by atoms with E-state index in [1.54, 1.807) is 6.20 Å². The molecule has 1 aromatic carbocycles. The minimum absolute atomic E-state index is 0.122. The first kappa shape index (κ1) is 16.5. The van der Waals surface area contributed by atoms with Crippen molar-refractivity contribution in [2.75, 3.05) is 31.2 Å². The molecule has 2 N–H and O–H groups in total. The van der Waals surface area contributed by atoms with Gasteiger partial charge in [0.25, 0.3) is 0 Å². The van der Waals surface area contributed by atoms with E-state index in [1.165, 1.54) is 0 Å². The number of aromatic nitrogens is 1. The summed E-state index contributed by atoms with van der Waals surface area (Å²) < 4.78 is 11.1. The third-order valence-corrected chi connectivity index (χ3v) is 4.56. The number of ether oxygens (including phenoxy) is 2. The van der Waals surface area contributed by atoms with Crippen LogP contribution in [0.4, 0.5) is 10.6 Å². The molecule has 3 heterocycles. The zero-order valence-electron chi connectivity index (χ0n) is 14.5. The molecule has 1 fully saturated rings. The molecule has 1 atom stereocenters. The molecule has 7 heteroatoms. The second-order valence-corrected chi connectivity index (χ2v) is 6.42. The fourth-order valence-corrected chi connectivity index (χ4v) is 3.24. The van der Waals surface area contributed by atoms with E-state index in [0.717, 1.165) is 42.4 Å². The van der Waals surface area contributed by atoms with Gasteiger partial charge in [0, 0.05) is 31.9 Å². The van der Waals surface area contributed by atoms with Crippen molar-refractivity contribution in [1.29, 1.82) is 0 Å². The maximum absolute atomic E-state index is 12.2. The fourth-order valence-electron chi connectivity index (χ4n) is 3.24. The first-order valence-electron chi connectivity index (χ1n) is 8.87. The first-order chi connectivity index (χ1) is 12.8. The molecule has 1 aromatic heterocycles. The van der Waals surface area contributed by atoms with Crippen molar-refractivity contribution in [3.63, 3.8) is 0 Å². The van der Waals surface area contributed by atoms with Crippen molar-refractivity contribution in [1.82, 2.24) is 15.6 Å². The average molecular weight is 354 g/mol. The molecular weight excluding hydrogens is 332 g/mol. The summed E-state index contributed by atoms with van der Waals surface area (Å²) in [5.74, 6) is 2.44. The van der Waals surface area contributed by atoms with Gasteiger partial charge in [-0.15, -0.1) is 0 Å². The molecule has 2 aliphatic heterocycles. The number of rotatable bonds is 4. The van der Waals surface area contributed by atoms with Gasteiger partial charge >= 0.3 is 6.03 Å². The van der Waals surface area contributed by atoms with E-state index >= 15 is 0 Å². The Morgan fingerprint density at radius 3 is 2.92 bits per heavy atom. The van der Waals surface area contributed by atoms with Gasteiger partial charge in [-0.1, -0.05) is 12.1 Å². The van der Waals surface area contributed by atoms with Crippen LogP contribution in [0.5, 0.6) is 11.5 Å². The van der Waals surface area contributed by atoms with Crippen LogP contribution in [-0.4, -0.2) is 43.4 Å². The van der Waals surface area contributed by atoms with Gasteiger partial charge in [-0.3, -0.25) is 0 Å². The third kappa shape index (κ3) is 3.82. The molecule has 0 saturated carbocycles. The van der Waals surface area contributed by atoms with E-state index < -0.39 is 0 Å². The number of benzene rings is 1. The number of hydrogen-bond acceptors (Lipinski definition) is 5. The number of nitrogens with zero attached hydrogens (tertiary/aromatic N) is 2. The predicted molar refractivity (Wildman–Crippen MR) is 97.7 cm³/mol. The van der Waals surface area contributed by atoms with Gasteiger partial charge in [-0.2, -0.15) is 0 Å². The number of fused-ring (bicyclic) bond motifs is 1. The SMILES string of the molecule is O=C(NCc1ccc2c(c1)OCCO2)NC1CCN(c2ccccn2)C1. The number of carbonyl (C=O) groups is 1. The molecule has 1 unspecified atom stereocenters. The van der Waals surface area contributed by atoms with Crippen LogP contribution in [-0.2, 0) is 6.54 Å². The van der Waals surface area contributed by atoms with Crippen molar-refractivity contribution in [3.05, 3.63) is 48.2 Å². The Balaban J connectivity index is 1.26. The smallest absolute Gasteiger partial charge is 0.315 e. The zero-order valence-corrected chi connectivity index (χ0v) is 14.5. The highest BCUT2D eigenvalue weighted by Crippen LogP contribution is 2.30. The lowest BCUT2D eigenvalue weighted by atomic mass is 10.2. The van der Waals surface area contributed by atoms with Crippen molar-refractivity contribution >= 4 is 11.8 Å². The van der Waals surface area contributed by atoms with E-state index in [4.69, 9.17) is 9.47 Å². The fraction of sp³-hybridized carbons (Fsp3) is 0.368. The van der Waals surface area contributed by atoms with Gasteiger partial charge in [0.15, 0.2) is 11.5 Å². The minimum atomic E-state index is -0.159. The number of amides is 2. The number of nitrogens with one attached hydrogen (secondary N) is 2. The van der Waals surface area contributed by atoms with Gasteiger partial charge in [-0.05, 0) is 36.2 Å². The molecular formula is C19H22N4O3. The molecule has 2 aromatic rings. The summed E-state index contributed by atoms with van der Waals surface area (Å²) in [6.45, 7) is 3.24. The maximum atomic E-state index is 12.2. The molecule has 0 bridgehead atoms. The summed E-state index contributed by atoms with van der Waals surface area (Å²) in [7, 11) is 0. The van der Waals surface area contributed by atoms with Gasteiger partial charge in [-0.25, -0.2) is 9.78 Å². The minimum Gasteiger partial charge on any atom is -0.486 e. The summed E-state index contributed by atoms with van der Waals surface area (Å²) in [5, 5.41) is 5.94. The van der Waals surface area contributed by atoms with Crippen LogP contribution in [0, 0.1) is 0 Å². The number of urea groups is 1. The first-order valence-corrected chi connectivity index (χ1v) is 8.87. The Hall–Kier alpha value is -2.96. The van der Waals surface area contributed by atoms with E-state index in [-0.39, 0.29) is 12.1 Å². The Labute approximate surface area is 152 Å². The summed E-state index contributed by atoms with van der Waals surface area (Å²) in [4.78, 5) is 18.7. The largest absolute Gasteiger partial charge is 0.486 e. The Morgan fingerprint density at radius 1 is 1.19 bits per heavy atom. The molecule has 4 rings (SSSR count). The lowest BCUT2D eigenvalue weighted by Crippen LogP contribution is -2.43. The number of pyridine rings is 1. The van der Waals surface area contributed by atoms with Crippen LogP contribution in [0.2, 0.25) is 0 Å². The quantitative estimate of drug-likeness (QED) is 0.877. The number of hydrogen-bond donors (Lipinski definition) is 2. The molecule has 2 aliphatic rings. The number of carbonyl (C=O) groups excluding carboxylic acids is 1. The van der Waals surface area contributed by atoms with Crippen molar-refractivity contribution < 1.29 is 14.3 Å². The Bertz CT molecular complexity index is 769. The standard InChI is InChI=1S/C19H22N4O3/c24-19(21-12-14-4-5-16-17(11-14)26-10-9-25-16)22-15-6-8-23(13-15)18-3-1-2-7-20-18/h1-5,7,11,15H,6,8-10,12-13H2,(H2,21,22,24). The molecule has 26 heavy (non-hydrogen) atoms. The monoisotopic (exact) mass is 354 g/mol. The second kappa shape index (κ2) is 7.51. The lowest BCUT2D eigenvalue weighted by molar-refractivity contribution is 0.171. The van der Waals surface area contributed by atoms with Gasteiger partial charge < -0.3 is 25.0 Å². The highest BCUT2D eigenvalue weighted by molar-refractivity contribution is 5.74. The zero-order chi connectivity index (χ0) is 17.8. The predicted octanol–water partition coefficient (Wildman–Crippen LogP) is 1.93. The second-order valence-electron chi connectivity index (χ2n) is 6.42. The molecule has 7 nitrogen and oxygen atoms in total. The average Bonchev–Trinajstić information content (AvgIpc) is 3.15. The van der Waals surface area contributed by atoms with Crippen molar-refractivity contribution in [3.8, 4) is 11.5 Å². The van der Waals surface area contributed by atoms with Crippen molar-refractivity contribution in [2.24, 2.45) is 0 Å². The molecule has 0 aliphatic carbocycles. The Kier molecular flexibility index (Phi) is 4.77. The van der Waals surface area contributed by atoms with Gasteiger partial charge in [0.1, 0.15) is 19.0 Å². The van der Waals surface area contributed by atoms with E-state index in [2.05, 4.69) is 20.5 Å². The van der Waals surface area contributed by atoms with Crippen LogP contribution in [0.25, 0.3) is 0 Å². The van der Waals surface area contributed by atoms with E-state index in [9.17, 15) is 4.79 Å². The van der Waals surface area contributed by atoms with Crippen molar-refractivity contribution in [2.45, 2.75) is 19.0 Å². The third-order valence-electron chi connectivity index (χ3n) is 4.56. The van der Waals surface area contributed by atoms with E-state index in [0.29, 0.717) is 19.8 Å². The summed E-state index contributed by atoms with van der Waals surface area (Å²) in [5.41, 5.74) is 0.978. The van der Waals surface area contributed by atoms with Crippen LogP contribution in [0.3, 0.4) is 0 Å². The summed E-state index contributed by atoms with van der Waals surface area (Å²) in [6, 6.07) is 11.6. The summed E-state index contributed by atoms with van der Waals surface area (Å²) >= 11 is 0. The maximum Gasteiger partial charge on any atom is 0.315 e. The van der Waals surface area contributed by atoms with Gasteiger partial charge in [0.05, 0.1) is 0 Å². The Morgan fingerprint density at radius 2 is 2.08 bits per heavy atom. The van der Waals surface area contributed by atoms with Crippen LogP contribution < -0.4 is 25.0 Å². The molecule has 136 valence electrons. The molecule has 0 radical (unpaired) electrons. The highest BCUT2D eigenvalue weighted by Gasteiger charge is 2.24. The molecule has 2 amide bonds. The lowest BCUT2D eigenvalue weighted by Gasteiger charge is -2.19.